The van der Waals surface area contributed by atoms with Crippen LogP contribution < -0.4 is 5.32 Å². The molecule has 0 bridgehead atoms. The fourth-order valence-electron chi connectivity index (χ4n) is 1.48. The molecule has 0 aliphatic heterocycles. The zero-order chi connectivity index (χ0) is 13.3. The van der Waals surface area contributed by atoms with Crippen LogP contribution >= 0.6 is 0 Å². The van der Waals surface area contributed by atoms with Gasteiger partial charge in [0.25, 0.3) is 0 Å². The van der Waals surface area contributed by atoms with Crippen molar-refractivity contribution < 1.29 is 4.39 Å². The van der Waals surface area contributed by atoms with Crippen molar-refractivity contribution >= 4 is 11.6 Å². The third-order valence-corrected chi connectivity index (χ3v) is 3.34. The van der Waals surface area contributed by atoms with Crippen LogP contribution in [0.25, 0.3) is 5.65 Å². The Morgan fingerprint density at radius 1 is 1.39 bits per heavy atom. The van der Waals surface area contributed by atoms with Gasteiger partial charge in [-0.1, -0.05) is 27.7 Å². The Balaban J connectivity index is 2.09. The second kappa shape index (κ2) is 4.55. The third-order valence-electron chi connectivity index (χ3n) is 3.34. The molecule has 0 aliphatic carbocycles. The van der Waals surface area contributed by atoms with E-state index < -0.39 is 0 Å². The minimum atomic E-state index is -0.318. The SMILES string of the molecule is CC(CNc1nc2ccc(F)cn2n1)C(C)(C)C. The quantitative estimate of drug-likeness (QED) is 0.910. The lowest BCUT2D eigenvalue weighted by Gasteiger charge is -2.27. The molecule has 0 saturated heterocycles. The van der Waals surface area contributed by atoms with Crippen LogP contribution in [0, 0.1) is 17.2 Å². The maximum absolute atomic E-state index is 13.0. The highest BCUT2D eigenvalue weighted by Crippen LogP contribution is 2.25. The van der Waals surface area contributed by atoms with E-state index in [-0.39, 0.29) is 11.2 Å². The smallest absolute Gasteiger partial charge is 0.243 e. The lowest BCUT2D eigenvalue weighted by atomic mass is 9.82. The van der Waals surface area contributed by atoms with Gasteiger partial charge in [-0.15, -0.1) is 5.10 Å². The average Bonchev–Trinajstić information content (AvgIpc) is 2.66. The summed E-state index contributed by atoms with van der Waals surface area (Å²) in [5.41, 5.74) is 0.875. The number of pyridine rings is 1. The van der Waals surface area contributed by atoms with Gasteiger partial charge in [-0.3, -0.25) is 0 Å². The highest BCUT2D eigenvalue weighted by atomic mass is 19.1. The first-order chi connectivity index (χ1) is 8.36. The number of anilines is 1. The zero-order valence-electron chi connectivity index (χ0n) is 11.2. The van der Waals surface area contributed by atoms with Crippen LogP contribution in [0.5, 0.6) is 0 Å². The van der Waals surface area contributed by atoms with Gasteiger partial charge in [-0.05, 0) is 23.5 Å². The summed E-state index contributed by atoms with van der Waals surface area (Å²) in [5, 5.41) is 7.38. The molecule has 2 heterocycles. The molecular formula is C13H19FN4. The third kappa shape index (κ3) is 2.78. The predicted molar refractivity (Wildman–Crippen MR) is 70.1 cm³/mol. The van der Waals surface area contributed by atoms with Crippen molar-refractivity contribution in [1.29, 1.82) is 0 Å². The highest BCUT2D eigenvalue weighted by molar-refractivity contribution is 5.43. The van der Waals surface area contributed by atoms with E-state index >= 15 is 0 Å². The standard InChI is InChI=1S/C13H19FN4/c1-9(13(2,3)4)7-15-12-16-11-6-5-10(14)8-18(11)17-12/h5-6,8-9H,7H2,1-4H3,(H,15,17). The highest BCUT2D eigenvalue weighted by Gasteiger charge is 2.20. The zero-order valence-corrected chi connectivity index (χ0v) is 11.2. The molecule has 18 heavy (non-hydrogen) atoms. The van der Waals surface area contributed by atoms with Crippen molar-refractivity contribution in [2.75, 3.05) is 11.9 Å². The minimum Gasteiger partial charge on any atom is -0.353 e. The number of nitrogens with one attached hydrogen (secondary N) is 1. The Morgan fingerprint density at radius 3 is 2.78 bits per heavy atom. The summed E-state index contributed by atoms with van der Waals surface area (Å²) in [6.45, 7) is 9.58. The van der Waals surface area contributed by atoms with Crippen LogP contribution in [-0.2, 0) is 0 Å². The molecule has 2 rings (SSSR count). The number of halogens is 1. The molecule has 0 aromatic carbocycles. The van der Waals surface area contributed by atoms with E-state index in [0.717, 1.165) is 6.54 Å². The second-order valence-corrected chi connectivity index (χ2v) is 5.73. The van der Waals surface area contributed by atoms with Crippen molar-refractivity contribution in [3.63, 3.8) is 0 Å². The van der Waals surface area contributed by atoms with E-state index in [0.29, 0.717) is 17.5 Å². The number of hydrogen-bond donors (Lipinski definition) is 1. The maximum atomic E-state index is 13.0. The molecule has 0 saturated carbocycles. The van der Waals surface area contributed by atoms with Gasteiger partial charge in [0.1, 0.15) is 5.82 Å². The first-order valence-corrected chi connectivity index (χ1v) is 6.12. The van der Waals surface area contributed by atoms with Crippen molar-refractivity contribution in [1.82, 2.24) is 14.6 Å². The summed E-state index contributed by atoms with van der Waals surface area (Å²) in [7, 11) is 0. The Bertz CT molecular complexity index is 541. The first-order valence-electron chi connectivity index (χ1n) is 6.12. The predicted octanol–water partition coefficient (Wildman–Crippen LogP) is 2.96. The first kappa shape index (κ1) is 12.8. The Morgan fingerprint density at radius 2 is 2.11 bits per heavy atom. The molecule has 1 N–H and O–H groups in total. The summed E-state index contributed by atoms with van der Waals surface area (Å²) in [5.74, 6) is 0.708. The summed E-state index contributed by atoms with van der Waals surface area (Å²) in [6, 6.07) is 2.99. The van der Waals surface area contributed by atoms with Gasteiger partial charge in [-0.25, -0.2) is 8.91 Å². The van der Waals surface area contributed by atoms with Crippen molar-refractivity contribution in [2.24, 2.45) is 11.3 Å². The molecule has 0 radical (unpaired) electrons. The molecule has 2 aromatic heterocycles. The van der Waals surface area contributed by atoms with Crippen molar-refractivity contribution in [3.05, 3.63) is 24.1 Å². The van der Waals surface area contributed by atoms with E-state index in [1.54, 1.807) is 6.07 Å². The molecule has 4 nitrogen and oxygen atoms in total. The summed E-state index contributed by atoms with van der Waals surface area (Å²) < 4.78 is 14.5. The summed E-state index contributed by atoms with van der Waals surface area (Å²) in [6.07, 6.45) is 1.32. The fraction of sp³-hybridized carbons (Fsp3) is 0.538. The Labute approximate surface area is 106 Å². The van der Waals surface area contributed by atoms with Gasteiger partial charge in [0, 0.05) is 6.54 Å². The topological polar surface area (TPSA) is 42.2 Å². The molecule has 0 spiro atoms. The molecule has 0 aliphatic rings. The Kier molecular flexibility index (Phi) is 3.24. The molecule has 0 fully saturated rings. The molecule has 0 amide bonds. The molecule has 98 valence electrons. The maximum Gasteiger partial charge on any atom is 0.243 e. The van der Waals surface area contributed by atoms with Crippen LogP contribution in [0.4, 0.5) is 10.3 Å². The van der Waals surface area contributed by atoms with Crippen LogP contribution in [0.2, 0.25) is 0 Å². The normalized spacial score (nSPS) is 13.8. The van der Waals surface area contributed by atoms with Gasteiger partial charge in [0.2, 0.25) is 5.95 Å². The van der Waals surface area contributed by atoms with Crippen LogP contribution in [-0.4, -0.2) is 21.1 Å². The largest absolute Gasteiger partial charge is 0.353 e. The number of aromatic nitrogens is 3. The van der Waals surface area contributed by atoms with Crippen molar-refractivity contribution in [3.8, 4) is 0 Å². The molecule has 1 atom stereocenters. The number of hydrogen-bond acceptors (Lipinski definition) is 3. The lowest BCUT2D eigenvalue weighted by molar-refractivity contribution is 0.274. The van der Waals surface area contributed by atoms with Crippen molar-refractivity contribution in [2.45, 2.75) is 27.7 Å². The fourth-order valence-corrected chi connectivity index (χ4v) is 1.48. The average molecular weight is 250 g/mol. The summed E-state index contributed by atoms with van der Waals surface area (Å²) >= 11 is 0. The summed E-state index contributed by atoms with van der Waals surface area (Å²) in [4.78, 5) is 4.28. The van der Waals surface area contributed by atoms with E-state index in [9.17, 15) is 4.39 Å². The van der Waals surface area contributed by atoms with Crippen LogP contribution in [0.3, 0.4) is 0 Å². The van der Waals surface area contributed by atoms with Gasteiger partial charge in [-0.2, -0.15) is 4.98 Å². The Hall–Kier alpha value is -1.65. The monoisotopic (exact) mass is 250 g/mol. The van der Waals surface area contributed by atoms with E-state index in [1.165, 1.54) is 16.8 Å². The van der Waals surface area contributed by atoms with E-state index in [4.69, 9.17) is 0 Å². The van der Waals surface area contributed by atoms with E-state index in [1.807, 2.05) is 0 Å². The van der Waals surface area contributed by atoms with Crippen LogP contribution in [0.15, 0.2) is 18.3 Å². The number of nitrogens with zero attached hydrogens (tertiary/aromatic N) is 3. The van der Waals surface area contributed by atoms with Gasteiger partial charge in [0.15, 0.2) is 5.65 Å². The van der Waals surface area contributed by atoms with Crippen LogP contribution in [0.1, 0.15) is 27.7 Å². The number of fused-ring (bicyclic) bond motifs is 1. The minimum absolute atomic E-state index is 0.234. The van der Waals surface area contributed by atoms with Gasteiger partial charge in [0.05, 0.1) is 6.20 Å². The lowest BCUT2D eigenvalue weighted by Crippen LogP contribution is -2.25. The number of rotatable bonds is 3. The molecule has 5 heteroatoms. The second-order valence-electron chi connectivity index (χ2n) is 5.73. The van der Waals surface area contributed by atoms with Gasteiger partial charge >= 0.3 is 0 Å². The molecule has 1 unspecified atom stereocenters. The molecular weight excluding hydrogens is 231 g/mol. The van der Waals surface area contributed by atoms with Gasteiger partial charge < -0.3 is 5.32 Å². The molecule has 2 aromatic rings. The van der Waals surface area contributed by atoms with E-state index in [2.05, 4.69) is 43.1 Å².